The number of aliphatic imine (C=N–C) groups is 1. The van der Waals surface area contributed by atoms with Crippen molar-refractivity contribution in [3.63, 3.8) is 0 Å². The van der Waals surface area contributed by atoms with Gasteiger partial charge in [-0.1, -0.05) is 64.1 Å². The van der Waals surface area contributed by atoms with E-state index in [1.165, 1.54) is 28.0 Å². The van der Waals surface area contributed by atoms with E-state index in [1.807, 2.05) is 18.2 Å². The Morgan fingerprint density at radius 3 is 2.49 bits per heavy atom. The fourth-order valence-electron chi connectivity index (χ4n) is 5.29. The van der Waals surface area contributed by atoms with E-state index < -0.39 is 0 Å². The third-order valence-corrected chi connectivity index (χ3v) is 8.39. The third kappa shape index (κ3) is 4.64. The smallest absolute Gasteiger partial charge is 0.174 e. The first-order valence-electron chi connectivity index (χ1n) is 12.4. The summed E-state index contributed by atoms with van der Waals surface area (Å²) in [5.41, 5.74) is 8.49. The van der Waals surface area contributed by atoms with Crippen LogP contribution >= 0.6 is 27.7 Å². The Morgan fingerprint density at radius 1 is 0.946 bits per heavy atom. The van der Waals surface area contributed by atoms with Gasteiger partial charge in [0.1, 0.15) is 11.5 Å². The minimum Gasteiger partial charge on any atom is -0.497 e. The maximum absolute atomic E-state index is 5.63. The molecule has 3 aliphatic rings. The minimum atomic E-state index is 0.0523. The maximum Gasteiger partial charge on any atom is 0.174 e. The number of methoxy groups -OCH3 is 2. The number of thioether (sulfide) groups is 1. The molecule has 186 valence electrons. The SMILES string of the molecule is COc1cccc(/C=C2\CCCC3=C2N=C2SC=C(c4ccc(Br)cc4)N2C3c2cccc(OC)c2)c1. The zero-order valence-corrected chi connectivity index (χ0v) is 23.2. The van der Waals surface area contributed by atoms with Gasteiger partial charge in [-0.25, -0.2) is 4.99 Å². The Kier molecular flexibility index (Phi) is 6.70. The van der Waals surface area contributed by atoms with Gasteiger partial charge in [-0.15, -0.1) is 0 Å². The first-order valence-corrected chi connectivity index (χ1v) is 14.0. The summed E-state index contributed by atoms with van der Waals surface area (Å²) in [6, 6.07) is 25.3. The highest BCUT2D eigenvalue weighted by Gasteiger charge is 2.40. The number of hydrogen-bond acceptors (Lipinski definition) is 5. The van der Waals surface area contributed by atoms with Crippen molar-refractivity contribution in [3.8, 4) is 11.5 Å². The third-order valence-electron chi connectivity index (χ3n) is 7.02. The van der Waals surface area contributed by atoms with Crippen molar-refractivity contribution in [2.75, 3.05) is 14.2 Å². The number of allylic oxidation sites excluding steroid dienone is 1. The van der Waals surface area contributed by atoms with E-state index in [4.69, 9.17) is 14.5 Å². The molecule has 3 aromatic rings. The van der Waals surface area contributed by atoms with E-state index in [-0.39, 0.29) is 6.04 Å². The van der Waals surface area contributed by atoms with Crippen LogP contribution in [0.3, 0.4) is 0 Å². The maximum atomic E-state index is 5.63. The fraction of sp³-hybridized carbons (Fsp3) is 0.194. The molecule has 0 amide bonds. The molecular formula is C31H27BrN2O2S. The summed E-state index contributed by atoms with van der Waals surface area (Å²) >= 11 is 5.28. The predicted molar refractivity (Wildman–Crippen MR) is 157 cm³/mol. The molecule has 2 aliphatic heterocycles. The molecule has 6 rings (SSSR count). The number of ether oxygens (including phenoxy) is 2. The monoisotopic (exact) mass is 570 g/mol. The van der Waals surface area contributed by atoms with Crippen molar-refractivity contribution in [1.82, 2.24) is 4.90 Å². The lowest BCUT2D eigenvalue weighted by molar-refractivity contribution is 0.410. The number of benzene rings is 3. The van der Waals surface area contributed by atoms with E-state index in [1.54, 1.807) is 26.0 Å². The first-order chi connectivity index (χ1) is 18.1. The number of hydrogen-bond donors (Lipinski definition) is 0. The Balaban J connectivity index is 1.49. The van der Waals surface area contributed by atoms with Crippen LogP contribution < -0.4 is 9.47 Å². The topological polar surface area (TPSA) is 34.1 Å². The molecule has 4 nitrogen and oxygen atoms in total. The van der Waals surface area contributed by atoms with Crippen LogP contribution in [0.1, 0.15) is 42.0 Å². The van der Waals surface area contributed by atoms with E-state index in [2.05, 4.69) is 86.9 Å². The molecule has 0 N–H and O–H groups in total. The molecule has 0 radical (unpaired) electrons. The second kappa shape index (κ2) is 10.3. The molecule has 0 saturated carbocycles. The molecule has 6 heteroatoms. The van der Waals surface area contributed by atoms with Gasteiger partial charge in [-0.05, 0) is 89.6 Å². The van der Waals surface area contributed by atoms with E-state index >= 15 is 0 Å². The van der Waals surface area contributed by atoms with Gasteiger partial charge >= 0.3 is 0 Å². The molecule has 2 heterocycles. The molecule has 1 atom stereocenters. The van der Waals surface area contributed by atoms with E-state index in [0.29, 0.717) is 0 Å². The zero-order valence-electron chi connectivity index (χ0n) is 20.8. The van der Waals surface area contributed by atoms with Crippen molar-refractivity contribution >= 4 is 44.6 Å². The van der Waals surface area contributed by atoms with Crippen molar-refractivity contribution in [1.29, 1.82) is 0 Å². The van der Waals surface area contributed by atoms with Gasteiger partial charge in [0.25, 0.3) is 0 Å². The number of halogens is 1. The molecule has 1 aliphatic carbocycles. The summed E-state index contributed by atoms with van der Waals surface area (Å²) in [7, 11) is 3.44. The van der Waals surface area contributed by atoms with Crippen LogP contribution in [0.2, 0.25) is 0 Å². The van der Waals surface area contributed by atoms with Crippen LogP contribution in [-0.4, -0.2) is 24.3 Å². The van der Waals surface area contributed by atoms with E-state index in [9.17, 15) is 0 Å². The van der Waals surface area contributed by atoms with Gasteiger partial charge in [-0.3, -0.25) is 0 Å². The summed E-state index contributed by atoms with van der Waals surface area (Å²) in [4.78, 5) is 7.70. The average molecular weight is 572 g/mol. The van der Waals surface area contributed by atoms with Crippen LogP contribution in [-0.2, 0) is 0 Å². The summed E-state index contributed by atoms with van der Waals surface area (Å²) in [5, 5.41) is 3.25. The summed E-state index contributed by atoms with van der Waals surface area (Å²) in [5.74, 6) is 1.73. The molecule has 3 aromatic carbocycles. The molecule has 0 spiro atoms. The van der Waals surface area contributed by atoms with Crippen LogP contribution in [0.4, 0.5) is 0 Å². The van der Waals surface area contributed by atoms with Crippen molar-refractivity contribution in [3.05, 3.63) is 116 Å². The molecule has 0 saturated heterocycles. The lowest BCUT2D eigenvalue weighted by Crippen LogP contribution is -2.34. The Labute approximate surface area is 230 Å². The Morgan fingerprint density at radius 2 is 1.70 bits per heavy atom. The van der Waals surface area contributed by atoms with Crippen molar-refractivity contribution in [2.24, 2.45) is 4.99 Å². The zero-order chi connectivity index (χ0) is 25.4. The minimum absolute atomic E-state index is 0.0523. The molecule has 37 heavy (non-hydrogen) atoms. The lowest BCUT2D eigenvalue weighted by Gasteiger charge is -2.40. The normalized spacial score (nSPS) is 19.8. The van der Waals surface area contributed by atoms with Gasteiger partial charge in [0.05, 0.1) is 31.7 Å². The van der Waals surface area contributed by atoms with Gasteiger partial charge in [0.2, 0.25) is 0 Å². The number of fused-ring (bicyclic) bond motifs is 1. The summed E-state index contributed by atoms with van der Waals surface area (Å²) in [6.45, 7) is 0. The molecule has 0 bridgehead atoms. The highest BCUT2D eigenvalue weighted by Crippen LogP contribution is 2.51. The summed E-state index contributed by atoms with van der Waals surface area (Å²) < 4.78 is 12.2. The average Bonchev–Trinajstić information content (AvgIpc) is 3.36. The van der Waals surface area contributed by atoms with Crippen molar-refractivity contribution < 1.29 is 9.47 Å². The highest BCUT2D eigenvalue weighted by atomic mass is 79.9. The van der Waals surface area contributed by atoms with Crippen LogP contribution in [0.25, 0.3) is 11.8 Å². The van der Waals surface area contributed by atoms with E-state index in [0.717, 1.165) is 51.7 Å². The van der Waals surface area contributed by atoms with Gasteiger partial charge in [0.15, 0.2) is 5.17 Å². The van der Waals surface area contributed by atoms with Crippen LogP contribution in [0.15, 0.2) is 105 Å². The fourth-order valence-corrected chi connectivity index (χ4v) is 6.48. The van der Waals surface area contributed by atoms with Gasteiger partial charge < -0.3 is 14.4 Å². The largest absolute Gasteiger partial charge is 0.497 e. The lowest BCUT2D eigenvalue weighted by atomic mass is 9.82. The number of amidine groups is 1. The number of rotatable bonds is 5. The first kappa shape index (κ1) is 24.1. The van der Waals surface area contributed by atoms with Gasteiger partial charge in [0, 0.05) is 9.88 Å². The molecular weight excluding hydrogens is 544 g/mol. The second-order valence-electron chi connectivity index (χ2n) is 9.24. The number of nitrogens with zero attached hydrogens (tertiary/aromatic N) is 2. The van der Waals surface area contributed by atoms with Crippen LogP contribution in [0, 0.1) is 0 Å². The van der Waals surface area contributed by atoms with Gasteiger partial charge in [-0.2, -0.15) is 0 Å². The second-order valence-corrected chi connectivity index (χ2v) is 11.0. The molecule has 0 fully saturated rings. The predicted octanol–water partition coefficient (Wildman–Crippen LogP) is 8.45. The standard InChI is InChI=1S/C31H27BrN2O2S/c1-35-25-9-3-6-20(17-25)16-22-7-5-11-27-29(22)33-31-34(30(27)23-8-4-10-26(18-23)36-2)28(19-37-31)21-12-14-24(32)15-13-21/h3-4,6,8-10,12-19,30H,5,7,11H2,1-2H3/b22-16+. The molecule has 0 aromatic heterocycles. The Bertz CT molecular complexity index is 1470. The molecule has 1 unspecified atom stereocenters. The summed E-state index contributed by atoms with van der Waals surface area (Å²) in [6.07, 6.45) is 5.40. The quantitative estimate of drug-likeness (QED) is 0.308. The van der Waals surface area contributed by atoms with Crippen LogP contribution in [0.5, 0.6) is 11.5 Å². The Hall–Kier alpha value is -3.22. The highest BCUT2D eigenvalue weighted by molar-refractivity contribution is 9.10. The van der Waals surface area contributed by atoms with Crippen molar-refractivity contribution in [2.45, 2.75) is 25.3 Å².